The SMILES string of the molecule is O=C(NCc1cccnc1)c1cc(Br)cs1. The first-order chi connectivity index (χ1) is 7.75. The zero-order chi connectivity index (χ0) is 11.4. The van der Waals surface area contributed by atoms with Gasteiger partial charge in [0.15, 0.2) is 0 Å². The summed E-state index contributed by atoms with van der Waals surface area (Å²) >= 11 is 4.74. The van der Waals surface area contributed by atoms with Crippen LogP contribution in [0.4, 0.5) is 0 Å². The molecule has 0 aliphatic heterocycles. The summed E-state index contributed by atoms with van der Waals surface area (Å²) in [5, 5.41) is 4.73. The van der Waals surface area contributed by atoms with Crippen LogP contribution in [-0.2, 0) is 6.54 Å². The minimum Gasteiger partial charge on any atom is -0.347 e. The molecule has 0 bridgehead atoms. The van der Waals surface area contributed by atoms with E-state index in [1.807, 2.05) is 23.6 Å². The molecule has 0 atom stereocenters. The third kappa shape index (κ3) is 2.90. The van der Waals surface area contributed by atoms with Crippen LogP contribution >= 0.6 is 27.3 Å². The number of nitrogens with zero attached hydrogens (tertiary/aromatic N) is 1. The van der Waals surface area contributed by atoms with E-state index in [0.717, 1.165) is 10.0 Å². The second-order valence-electron chi connectivity index (χ2n) is 3.17. The number of thiophene rings is 1. The van der Waals surface area contributed by atoms with Crippen molar-refractivity contribution in [2.24, 2.45) is 0 Å². The Labute approximate surface area is 106 Å². The molecule has 3 nitrogen and oxygen atoms in total. The summed E-state index contributed by atoms with van der Waals surface area (Å²) in [6, 6.07) is 5.59. The fraction of sp³-hybridized carbons (Fsp3) is 0.0909. The van der Waals surface area contributed by atoms with Crippen LogP contribution in [0.25, 0.3) is 0 Å². The van der Waals surface area contributed by atoms with E-state index in [4.69, 9.17) is 0 Å². The Morgan fingerprint density at radius 3 is 3.06 bits per heavy atom. The molecule has 0 saturated carbocycles. The Balaban J connectivity index is 1.94. The number of pyridine rings is 1. The fourth-order valence-corrected chi connectivity index (χ4v) is 2.55. The van der Waals surface area contributed by atoms with Gasteiger partial charge in [-0.15, -0.1) is 11.3 Å². The predicted molar refractivity (Wildman–Crippen MR) is 67.4 cm³/mol. The molecule has 1 N–H and O–H groups in total. The predicted octanol–water partition coefficient (Wildman–Crippen LogP) is 2.84. The van der Waals surface area contributed by atoms with Crippen molar-refractivity contribution in [2.75, 3.05) is 0 Å². The molecule has 0 aliphatic carbocycles. The topological polar surface area (TPSA) is 42.0 Å². The van der Waals surface area contributed by atoms with Crippen molar-refractivity contribution in [2.45, 2.75) is 6.54 Å². The van der Waals surface area contributed by atoms with E-state index in [0.29, 0.717) is 11.4 Å². The maximum absolute atomic E-state index is 11.7. The molecule has 0 aliphatic rings. The molecule has 2 rings (SSSR count). The number of carbonyl (C=O) groups is 1. The van der Waals surface area contributed by atoms with Gasteiger partial charge in [-0.1, -0.05) is 6.07 Å². The van der Waals surface area contributed by atoms with Gasteiger partial charge in [0.25, 0.3) is 5.91 Å². The molecule has 0 radical (unpaired) electrons. The summed E-state index contributed by atoms with van der Waals surface area (Å²) in [7, 11) is 0. The van der Waals surface area contributed by atoms with Crippen molar-refractivity contribution in [3.05, 3.63) is 50.9 Å². The highest BCUT2D eigenvalue weighted by Gasteiger charge is 2.07. The first kappa shape index (κ1) is 11.3. The third-order valence-electron chi connectivity index (χ3n) is 1.97. The number of hydrogen-bond acceptors (Lipinski definition) is 3. The van der Waals surface area contributed by atoms with Crippen LogP contribution in [0.2, 0.25) is 0 Å². The molecule has 0 fully saturated rings. The lowest BCUT2D eigenvalue weighted by Crippen LogP contribution is -2.21. The number of hydrogen-bond donors (Lipinski definition) is 1. The van der Waals surface area contributed by atoms with Crippen molar-refractivity contribution >= 4 is 33.2 Å². The average Bonchev–Trinajstić information content (AvgIpc) is 2.74. The maximum Gasteiger partial charge on any atom is 0.261 e. The van der Waals surface area contributed by atoms with Crippen LogP contribution in [0.1, 0.15) is 15.2 Å². The Kier molecular flexibility index (Phi) is 3.69. The summed E-state index contributed by atoms with van der Waals surface area (Å²) in [4.78, 5) is 16.4. The second kappa shape index (κ2) is 5.23. The maximum atomic E-state index is 11.7. The highest BCUT2D eigenvalue weighted by atomic mass is 79.9. The van der Waals surface area contributed by atoms with Gasteiger partial charge in [-0.25, -0.2) is 0 Å². The second-order valence-corrected chi connectivity index (χ2v) is 5.00. The number of carbonyl (C=O) groups excluding carboxylic acids is 1. The van der Waals surface area contributed by atoms with Gasteiger partial charge in [-0.05, 0) is 33.6 Å². The van der Waals surface area contributed by atoms with Crippen LogP contribution in [0.5, 0.6) is 0 Å². The van der Waals surface area contributed by atoms with Gasteiger partial charge in [0.1, 0.15) is 0 Å². The van der Waals surface area contributed by atoms with E-state index >= 15 is 0 Å². The highest BCUT2D eigenvalue weighted by Crippen LogP contribution is 2.19. The Morgan fingerprint density at radius 1 is 1.56 bits per heavy atom. The summed E-state index contributed by atoms with van der Waals surface area (Å²) in [6.45, 7) is 0.502. The quantitative estimate of drug-likeness (QED) is 0.946. The van der Waals surface area contributed by atoms with Crippen LogP contribution in [-0.4, -0.2) is 10.9 Å². The van der Waals surface area contributed by atoms with E-state index in [1.54, 1.807) is 12.4 Å². The monoisotopic (exact) mass is 296 g/mol. The van der Waals surface area contributed by atoms with Gasteiger partial charge in [0.2, 0.25) is 0 Å². The Hall–Kier alpha value is -1.20. The molecule has 82 valence electrons. The molecule has 1 amide bonds. The smallest absolute Gasteiger partial charge is 0.261 e. The van der Waals surface area contributed by atoms with Gasteiger partial charge in [-0.3, -0.25) is 9.78 Å². The van der Waals surface area contributed by atoms with Gasteiger partial charge in [-0.2, -0.15) is 0 Å². The van der Waals surface area contributed by atoms with Crippen molar-refractivity contribution in [1.82, 2.24) is 10.3 Å². The molecule has 0 spiro atoms. The van der Waals surface area contributed by atoms with Crippen LogP contribution in [0.15, 0.2) is 40.4 Å². The number of halogens is 1. The highest BCUT2D eigenvalue weighted by molar-refractivity contribution is 9.10. The Morgan fingerprint density at radius 2 is 2.44 bits per heavy atom. The lowest BCUT2D eigenvalue weighted by Gasteiger charge is -2.02. The first-order valence-electron chi connectivity index (χ1n) is 4.67. The molecule has 0 aromatic carbocycles. The number of rotatable bonds is 3. The Bertz CT molecular complexity index is 484. The van der Waals surface area contributed by atoms with Crippen molar-refractivity contribution < 1.29 is 4.79 Å². The summed E-state index contributed by atoms with van der Waals surface area (Å²) < 4.78 is 0.934. The average molecular weight is 297 g/mol. The fourth-order valence-electron chi connectivity index (χ4n) is 1.20. The summed E-state index contributed by atoms with van der Waals surface area (Å²) in [5.74, 6) is -0.0560. The van der Waals surface area contributed by atoms with Gasteiger partial charge in [0.05, 0.1) is 4.88 Å². The van der Waals surface area contributed by atoms with Crippen molar-refractivity contribution in [3.8, 4) is 0 Å². The van der Waals surface area contributed by atoms with Crippen molar-refractivity contribution in [1.29, 1.82) is 0 Å². The molecule has 0 unspecified atom stereocenters. The standard InChI is InChI=1S/C11H9BrN2OS/c12-9-4-10(16-7-9)11(15)14-6-8-2-1-3-13-5-8/h1-5,7H,6H2,(H,14,15). The summed E-state index contributed by atoms with van der Waals surface area (Å²) in [6.07, 6.45) is 3.45. The van der Waals surface area contributed by atoms with Crippen LogP contribution in [0, 0.1) is 0 Å². The van der Waals surface area contributed by atoms with E-state index in [9.17, 15) is 4.79 Å². The number of aromatic nitrogens is 1. The molecule has 2 aromatic heterocycles. The minimum atomic E-state index is -0.0560. The lowest BCUT2D eigenvalue weighted by molar-refractivity contribution is 0.0955. The molecule has 2 aromatic rings. The van der Waals surface area contributed by atoms with E-state index in [2.05, 4.69) is 26.2 Å². The number of amides is 1. The van der Waals surface area contributed by atoms with E-state index in [-0.39, 0.29) is 5.91 Å². The number of nitrogens with one attached hydrogen (secondary N) is 1. The van der Waals surface area contributed by atoms with E-state index in [1.165, 1.54) is 11.3 Å². The molecular weight excluding hydrogens is 288 g/mol. The summed E-state index contributed by atoms with van der Waals surface area (Å²) in [5.41, 5.74) is 0.992. The zero-order valence-electron chi connectivity index (χ0n) is 8.31. The molecule has 16 heavy (non-hydrogen) atoms. The van der Waals surface area contributed by atoms with Crippen molar-refractivity contribution in [3.63, 3.8) is 0 Å². The van der Waals surface area contributed by atoms with Gasteiger partial charge in [0, 0.05) is 28.8 Å². The molecular formula is C11H9BrN2OS. The van der Waals surface area contributed by atoms with Gasteiger partial charge < -0.3 is 5.32 Å². The lowest BCUT2D eigenvalue weighted by atomic mass is 10.3. The normalized spacial score (nSPS) is 10.1. The van der Waals surface area contributed by atoms with Gasteiger partial charge >= 0.3 is 0 Å². The zero-order valence-corrected chi connectivity index (χ0v) is 10.7. The third-order valence-corrected chi connectivity index (χ3v) is 3.66. The molecule has 5 heteroatoms. The van der Waals surface area contributed by atoms with Crippen LogP contribution < -0.4 is 5.32 Å². The van der Waals surface area contributed by atoms with E-state index < -0.39 is 0 Å². The first-order valence-corrected chi connectivity index (χ1v) is 6.34. The molecule has 2 heterocycles. The van der Waals surface area contributed by atoms with Crippen LogP contribution in [0.3, 0.4) is 0 Å². The largest absolute Gasteiger partial charge is 0.347 e. The molecule has 0 saturated heterocycles. The minimum absolute atomic E-state index is 0.0560.